The summed E-state index contributed by atoms with van der Waals surface area (Å²) in [5.74, 6) is 2.50. The second kappa shape index (κ2) is 10.2. The van der Waals surface area contributed by atoms with Crippen molar-refractivity contribution in [2.24, 2.45) is 4.99 Å². The first kappa shape index (κ1) is 21.1. The molecule has 1 heterocycles. The van der Waals surface area contributed by atoms with Crippen LogP contribution in [0.1, 0.15) is 6.92 Å². The molecule has 0 amide bonds. The van der Waals surface area contributed by atoms with Gasteiger partial charge in [0.1, 0.15) is 0 Å². The fourth-order valence-corrected chi connectivity index (χ4v) is 3.09. The predicted molar refractivity (Wildman–Crippen MR) is 110 cm³/mol. The lowest BCUT2D eigenvalue weighted by molar-refractivity contribution is 0.119. The number of piperazine rings is 1. The topological polar surface area (TPSA) is 70.6 Å². The molecule has 1 aliphatic rings. The molecule has 0 aliphatic carbocycles. The number of anilines is 1. The molecule has 0 saturated carbocycles. The molecule has 0 bridgehead atoms. The fraction of sp³-hybridized carbons (Fsp3) is 0.632. The number of guanidine groups is 1. The summed E-state index contributed by atoms with van der Waals surface area (Å²) in [6.07, 6.45) is 0. The Morgan fingerprint density at radius 1 is 1.11 bits per heavy atom. The van der Waals surface area contributed by atoms with Crippen LogP contribution in [0.2, 0.25) is 0 Å². The molecule has 1 aliphatic heterocycles. The van der Waals surface area contributed by atoms with Crippen molar-refractivity contribution in [3.63, 3.8) is 0 Å². The lowest BCUT2D eigenvalue weighted by Gasteiger charge is -2.36. The molecule has 1 fully saturated rings. The molecular weight excluding hydrogens is 346 g/mol. The summed E-state index contributed by atoms with van der Waals surface area (Å²) in [5, 5.41) is 6.63. The molecule has 1 aromatic rings. The minimum Gasteiger partial charge on any atom is -0.493 e. The molecule has 2 rings (SSSR count). The van der Waals surface area contributed by atoms with Crippen molar-refractivity contribution < 1.29 is 14.2 Å². The number of nitrogens with zero attached hydrogens (tertiary/aromatic N) is 3. The largest absolute Gasteiger partial charge is 0.493 e. The number of methoxy groups -OCH3 is 3. The number of nitrogens with one attached hydrogen (secondary N) is 2. The quantitative estimate of drug-likeness (QED) is 0.547. The van der Waals surface area contributed by atoms with Crippen LogP contribution in [0.25, 0.3) is 0 Å². The summed E-state index contributed by atoms with van der Waals surface area (Å²) in [6.45, 7) is 6.72. The van der Waals surface area contributed by atoms with Crippen LogP contribution >= 0.6 is 0 Å². The van der Waals surface area contributed by atoms with Crippen LogP contribution < -0.4 is 24.8 Å². The van der Waals surface area contributed by atoms with E-state index in [1.807, 2.05) is 19.1 Å². The Bertz CT molecular complexity index is 613. The van der Waals surface area contributed by atoms with Gasteiger partial charge in [0.15, 0.2) is 17.5 Å². The third kappa shape index (κ3) is 5.64. The lowest BCUT2D eigenvalue weighted by Crippen LogP contribution is -2.51. The van der Waals surface area contributed by atoms with Crippen molar-refractivity contribution in [1.82, 2.24) is 15.1 Å². The van der Waals surface area contributed by atoms with E-state index in [-0.39, 0.29) is 0 Å². The predicted octanol–water partition coefficient (Wildman–Crippen LogP) is 1.34. The Hall–Kier alpha value is -2.19. The number of aliphatic imine (C=N–C) groups is 1. The van der Waals surface area contributed by atoms with E-state index in [2.05, 4.69) is 34.5 Å². The third-order valence-corrected chi connectivity index (χ3v) is 4.71. The fourth-order valence-electron chi connectivity index (χ4n) is 3.09. The van der Waals surface area contributed by atoms with Crippen molar-refractivity contribution in [1.29, 1.82) is 0 Å². The number of hydrogen-bond donors (Lipinski definition) is 2. The van der Waals surface area contributed by atoms with Gasteiger partial charge in [-0.2, -0.15) is 0 Å². The van der Waals surface area contributed by atoms with E-state index in [1.165, 1.54) is 0 Å². The van der Waals surface area contributed by atoms with Crippen LogP contribution in [0.5, 0.6) is 17.2 Å². The summed E-state index contributed by atoms with van der Waals surface area (Å²) in [5.41, 5.74) is 0.818. The van der Waals surface area contributed by atoms with Crippen LogP contribution in [-0.2, 0) is 0 Å². The van der Waals surface area contributed by atoms with E-state index in [9.17, 15) is 0 Å². The summed E-state index contributed by atoms with van der Waals surface area (Å²) >= 11 is 0. The van der Waals surface area contributed by atoms with Crippen LogP contribution in [0.3, 0.4) is 0 Å². The average molecular weight is 380 g/mol. The number of ether oxygens (including phenoxy) is 3. The molecule has 27 heavy (non-hydrogen) atoms. The Morgan fingerprint density at radius 3 is 2.33 bits per heavy atom. The van der Waals surface area contributed by atoms with Crippen molar-refractivity contribution in [3.05, 3.63) is 12.1 Å². The van der Waals surface area contributed by atoms with Crippen molar-refractivity contribution in [2.45, 2.75) is 13.0 Å². The first-order chi connectivity index (χ1) is 13.0. The van der Waals surface area contributed by atoms with E-state index in [0.717, 1.165) is 44.4 Å². The number of hydrogen-bond acceptors (Lipinski definition) is 6. The van der Waals surface area contributed by atoms with Gasteiger partial charge in [-0.05, 0) is 21.0 Å². The standard InChI is InChI=1S/C19H33N5O3/c1-7-20-19(21-12-15-13-23(2)8-9-24(15)3)22-14-10-16(25-4)18(27-6)17(11-14)26-5/h10-11,15H,7-9,12-13H2,1-6H3,(H2,20,21,22). The average Bonchev–Trinajstić information content (AvgIpc) is 2.67. The van der Waals surface area contributed by atoms with Crippen LogP contribution in [0.4, 0.5) is 5.69 Å². The summed E-state index contributed by atoms with van der Waals surface area (Å²) in [6, 6.07) is 4.14. The molecule has 1 saturated heterocycles. The second-order valence-electron chi connectivity index (χ2n) is 6.66. The molecular formula is C19H33N5O3. The zero-order valence-corrected chi connectivity index (χ0v) is 17.3. The van der Waals surface area contributed by atoms with Gasteiger partial charge < -0.3 is 29.7 Å². The summed E-state index contributed by atoms with van der Waals surface area (Å²) < 4.78 is 16.2. The maximum Gasteiger partial charge on any atom is 0.203 e. The van der Waals surface area contributed by atoms with Gasteiger partial charge >= 0.3 is 0 Å². The zero-order chi connectivity index (χ0) is 19.8. The summed E-state index contributed by atoms with van der Waals surface area (Å²) in [7, 11) is 9.12. The van der Waals surface area contributed by atoms with Gasteiger partial charge in [0.05, 0.1) is 27.9 Å². The van der Waals surface area contributed by atoms with E-state index in [1.54, 1.807) is 21.3 Å². The van der Waals surface area contributed by atoms with Crippen LogP contribution in [0.15, 0.2) is 17.1 Å². The van der Waals surface area contributed by atoms with E-state index in [4.69, 9.17) is 19.2 Å². The number of likely N-dealkylation sites (N-methyl/N-ethyl adjacent to an activating group) is 2. The van der Waals surface area contributed by atoms with Crippen molar-refractivity contribution in [2.75, 3.05) is 73.5 Å². The molecule has 0 radical (unpaired) electrons. The van der Waals surface area contributed by atoms with Gasteiger partial charge in [0, 0.05) is 50.0 Å². The molecule has 8 heteroatoms. The van der Waals surface area contributed by atoms with E-state index < -0.39 is 0 Å². The molecule has 0 spiro atoms. The minimum absolute atomic E-state index is 0.402. The lowest BCUT2D eigenvalue weighted by atomic mass is 10.2. The first-order valence-electron chi connectivity index (χ1n) is 9.26. The summed E-state index contributed by atoms with van der Waals surface area (Å²) in [4.78, 5) is 9.50. The zero-order valence-electron chi connectivity index (χ0n) is 17.3. The van der Waals surface area contributed by atoms with Crippen molar-refractivity contribution >= 4 is 11.6 Å². The molecule has 1 unspecified atom stereocenters. The highest BCUT2D eigenvalue weighted by atomic mass is 16.5. The smallest absolute Gasteiger partial charge is 0.203 e. The Balaban J connectivity index is 2.17. The molecule has 0 aromatic heterocycles. The Labute approximate surface area is 162 Å². The van der Waals surface area contributed by atoms with Crippen LogP contribution in [0, 0.1) is 0 Å². The normalized spacial score (nSPS) is 18.9. The van der Waals surface area contributed by atoms with Gasteiger partial charge in [-0.15, -0.1) is 0 Å². The van der Waals surface area contributed by atoms with E-state index in [0.29, 0.717) is 23.3 Å². The number of rotatable bonds is 7. The molecule has 8 nitrogen and oxygen atoms in total. The third-order valence-electron chi connectivity index (χ3n) is 4.71. The van der Waals surface area contributed by atoms with E-state index >= 15 is 0 Å². The van der Waals surface area contributed by atoms with Gasteiger partial charge in [0.2, 0.25) is 5.75 Å². The molecule has 1 atom stereocenters. The van der Waals surface area contributed by atoms with Gasteiger partial charge in [-0.1, -0.05) is 0 Å². The second-order valence-corrected chi connectivity index (χ2v) is 6.66. The van der Waals surface area contributed by atoms with Gasteiger partial charge in [0.25, 0.3) is 0 Å². The monoisotopic (exact) mass is 379 g/mol. The first-order valence-corrected chi connectivity index (χ1v) is 9.26. The maximum atomic E-state index is 5.42. The van der Waals surface area contributed by atoms with Gasteiger partial charge in [-0.25, -0.2) is 0 Å². The van der Waals surface area contributed by atoms with Crippen LogP contribution in [-0.4, -0.2) is 89.9 Å². The highest BCUT2D eigenvalue weighted by Gasteiger charge is 2.22. The number of benzene rings is 1. The molecule has 1 aromatic carbocycles. The highest BCUT2D eigenvalue weighted by molar-refractivity contribution is 5.94. The maximum absolute atomic E-state index is 5.42. The molecule has 152 valence electrons. The molecule has 2 N–H and O–H groups in total. The Kier molecular flexibility index (Phi) is 7.99. The Morgan fingerprint density at radius 2 is 1.78 bits per heavy atom. The minimum atomic E-state index is 0.402. The van der Waals surface area contributed by atoms with Crippen molar-refractivity contribution in [3.8, 4) is 17.2 Å². The highest BCUT2D eigenvalue weighted by Crippen LogP contribution is 2.39. The SMILES string of the molecule is CCNC(=NCC1CN(C)CCN1C)Nc1cc(OC)c(OC)c(OC)c1. The van der Waals surface area contributed by atoms with Gasteiger partial charge in [-0.3, -0.25) is 9.89 Å².